The Morgan fingerprint density at radius 2 is 1.81 bits per heavy atom. The third-order valence-electron chi connectivity index (χ3n) is 2.60. The van der Waals surface area contributed by atoms with Crippen LogP contribution in [0.5, 0.6) is 0 Å². The minimum atomic E-state index is -3.63. The molecule has 2 rings (SSSR count). The molecule has 6 nitrogen and oxygen atoms in total. The largest absolute Gasteiger partial charge is 0.283 e. The molecule has 0 radical (unpaired) electrons. The third kappa shape index (κ3) is 4.54. The van der Waals surface area contributed by atoms with Gasteiger partial charge in [0.05, 0.1) is 10.7 Å². The number of benzene rings is 2. The Morgan fingerprint density at radius 1 is 1.14 bits per heavy atom. The Labute approximate surface area is 130 Å². The highest BCUT2D eigenvalue weighted by Gasteiger charge is 2.14. The van der Waals surface area contributed by atoms with Crippen LogP contribution in [-0.2, 0) is 15.8 Å². The van der Waals surface area contributed by atoms with Gasteiger partial charge in [0.2, 0.25) is 10.0 Å². The maximum atomic E-state index is 12.0. The minimum absolute atomic E-state index is 0.133. The molecule has 8 heteroatoms. The maximum absolute atomic E-state index is 12.0. The zero-order valence-corrected chi connectivity index (χ0v) is 13.1. The normalized spacial score (nSPS) is 11.1. The van der Waals surface area contributed by atoms with Crippen LogP contribution >= 0.6 is 15.9 Å². The van der Waals surface area contributed by atoms with E-state index in [1.165, 1.54) is 24.3 Å². The molecule has 0 aliphatic carbocycles. The second-order valence-corrected chi connectivity index (χ2v) is 6.93. The van der Waals surface area contributed by atoms with E-state index in [-0.39, 0.29) is 11.4 Å². The number of nitro groups is 1. The molecule has 1 N–H and O–H groups in total. The fourth-order valence-corrected chi connectivity index (χ4v) is 3.16. The quantitative estimate of drug-likeness (QED) is 0.645. The highest BCUT2D eigenvalue weighted by molar-refractivity contribution is 9.10. The summed E-state index contributed by atoms with van der Waals surface area (Å²) in [6, 6.07) is 12.2. The van der Waals surface area contributed by atoms with Crippen LogP contribution < -0.4 is 4.72 Å². The van der Waals surface area contributed by atoms with Crippen molar-refractivity contribution in [3.63, 3.8) is 0 Å². The Bertz CT molecular complexity index is 760. The van der Waals surface area contributed by atoms with E-state index in [0.29, 0.717) is 11.3 Å². The minimum Gasteiger partial charge on any atom is -0.283 e. The molecule has 2 aromatic rings. The molecule has 0 aliphatic heterocycles. The smallest absolute Gasteiger partial charge is 0.269 e. The van der Waals surface area contributed by atoms with Crippen molar-refractivity contribution in [1.82, 2.24) is 0 Å². The Hall–Kier alpha value is -1.93. The molecule has 0 heterocycles. The molecule has 0 aromatic heterocycles. The van der Waals surface area contributed by atoms with Crippen LogP contribution in [0.15, 0.2) is 53.0 Å². The maximum Gasteiger partial charge on any atom is 0.269 e. The van der Waals surface area contributed by atoms with E-state index in [2.05, 4.69) is 20.7 Å². The molecule has 110 valence electrons. The number of nitro benzene ring substituents is 1. The van der Waals surface area contributed by atoms with Gasteiger partial charge in [0.1, 0.15) is 0 Å². The number of halogens is 1. The number of rotatable bonds is 5. The summed E-state index contributed by atoms with van der Waals surface area (Å²) in [6.45, 7) is 0. The van der Waals surface area contributed by atoms with E-state index >= 15 is 0 Å². The summed E-state index contributed by atoms with van der Waals surface area (Å²) < 4.78 is 27.3. The molecule has 0 atom stereocenters. The first-order valence-corrected chi connectivity index (χ1v) is 8.30. The van der Waals surface area contributed by atoms with Gasteiger partial charge in [0.25, 0.3) is 5.69 Å². The van der Waals surface area contributed by atoms with Gasteiger partial charge in [-0.25, -0.2) is 8.42 Å². The summed E-state index contributed by atoms with van der Waals surface area (Å²) >= 11 is 3.26. The zero-order valence-electron chi connectivity index (χ0n) is 10.7. The van der Waals surface area contributed by atoms with Gasteiger partial charge < -0.3 is 0 Å². The van der Waals surface area contributed by atoms with Crippen LogP contribution in [0, 0.1) is 10.1 Å². The Morgan fingerprint density at radius 3 is 2.43 bits per heavy atom. The van der Waals surface area contributed by atoms with Gasteiger partial charge in [-0.15, -0.1) is 0 Å². The zero-order chi connectivity index (χ0) is 15.5. The van der Waals surface area contributed by atoms with E-state index < -0.39 is 14.9 Å². The van der Waals surface area contributed by atoms with E-state index in [1.807, 2.05) is 0 Å². The van der Waals surface area contributed by atoms with Crippen molar-refractivity contribution in [2.75, 3.05) is 4.72 Å². The van der Waals surface area contributed by atoms with Crippen molar-refractivity contribution in [3.8, 4) is 0 Å². The van der Waals surface area contributed by atoms with Gasteiger partial charge in [-0.1, -0.05) is 28.1 Å². The molecule has 0 fully saturated rings. The molecule has 0 spiro atoms. The van der Waals surface area contributed by atoms with Crippen molar-refractivity contribution in [2.45, 2.75) is 5.75 Å². The van der Waals surface area contributed by atoms with Crippen molar-refractivity contribution in [1.29, 1.82) is 0 Å². The van der Waals surface area contributed by atoms with Crippen LogP contribution in [0.25, 0.3) is 0 Å². The molecule has 0 unspecified atom stereocenters. The number of nitrogens with one attached hydrogen (secondary N) is 1. The summed E-state index contributed by atoms with van der Waals surface area (Å²) in [7, 11) is -3.63. The number of anilines is 1. The highest BCUT2D eigenvalue weighted by atomic mass is 79.9. The van der Waals surface area contributed by atoms with E-state index in [9.17, 15) is 18.5 Å². The van der Waals surface area contributed by atoms with Crippen LogP contribution in [0.3, 0.4) is 0 Å². The first-order valence-electron chi connectivity index (χ1n) is 5.85. The average molecular weight is 371 g/mol. The molecule has 0 bridgehead atoms. The topological polar surface area (TPSA) is 89.3 Å². The molecule has 2 aromatic carbocycles. The monoisotopic (exact) mass is 370 g/mol. The fourth-order valence-electron chi connectivity index (χ4n) is 1.71. The lowest BCUT2D eigenvalue weighted by Gasteiger charge is -2.08. The molecule has 0 saturated carbocycles. The predicted octanol–water partition coefficient (Wildman–Crippen LogP) is 3.30. The summed E-state index contributed by atoms with van der Waals surface area (Å²) in [4.78, 5) is 10.1. The first kappa shape index (κ1) is 15.5. The Kier molecular flexibility index (Phi) is 4.59. The van der Waals surface area contributed by atoms with Crippen LogP contribution in [-0.4, -0.2) is 13.3 Å². The van der Waals surface area contributed by atoms with Gasteiger partial charge >= 0.3 is 0 Å². The van der Waals surface area contributed by atoms with Crippen molar-refractivity contribution in [2.24, 2.45) is 0 Å². The van der Waals surface area contributed by atoms with Crippen LogP contribution in [0.4, 0.5) is 11.4 Å². The van der Waals surface area contributed by atoms with Crippen molar-refractivity contribution in [3.05, 3.63) is 68.7 Å². The molecular weight excluding hydrogens is 360 g/mol. The molecular formula is C13H11BrN2O4S. The average Bonchev–Trinajstić information content (AvgIpc) is 2.41. The summed E-state index contributed by atoms with van der Waals surface area (Å²) in [5.74, 6) is -0.329. The number of non-ortho nitro benzene ring substituents is 1. The van der Waals surface area contributed by atoms with Crippen LogP contribution in [0.2, 0.25) is 0 Å². The lowest BCUT2D eigenvalue weighted by Crippen LogP contribution is -2.15. The SMILES string of the molecule is O=[N+]([O-])c1cccc(CS(=O)(=O)Nc2ccc(Br)cc2)c1. The van der Waals surface area contributed by atoms with E-state index in [0.717, 1.165) is 4.47 Å². The van der Waals surface area contributed by atoms with Gasteiger partial charge in [-0.05, 0) is 29.8 Å². The summed E-state index contributed by atoms with van der Waals surface area (Å²) in [5.41, 5.74) is 0.656. The molecule has 0 aliphatic rings. The van der Waals surface area contributed by atoms with Crippen LogP contribution in [0.1, 0.15) is 5.56 Å². The second kappa shape index (κ2) is 6.23. The standard InChI is InChI=1S/C13H11BrN2O4S/c14-11-4-6-12(7-5-11)15-21(19,20)9-10-2-1-3-13(8-10)16(17)18/h1-8,15H,9H2. The number of hydrogen-bond donors (Lipinski definition) is 1. The summed E-state index contributed by atoms with van der Waals surface area (Å²) in [5, 5.41) is 10.7. The summed E-state index contributed by atoms with van der Waals surface area (Å²) in [6.07, 6.45) is 0. The van der Waals surface area contributed by atoms with Gasteiger partial charge in [-0.2, -0.15) is 0 Å². The van der Waals surface area contributed by atoms with Gasteiger partial charge in [-0.3, -0.25) is 14.8 Å². The highest BCUT2D eigenvalue weighted by Crippen LogP contribution is 2.18. The molecule has 0 saturated heterocycles. The third-order valence-corrected chi connectivity index (χ3v) is 4.38. The number of nitrogens with zero attached hydrogens (tertiary/aromatic N) is 1. The van der Waals surface area contributed by atoms with E-state index in [4.69, 9.17) is 0 Å². The lowest BCUT2D eigenvalue weighted by atomic mass is 10.2. The fraction of sp³-hybridized carbons (Fsp3) is 0.0769. The lowest BCUT2D eigenvalue weighted by molar-refractivity contribution is -0.384. The molecule has 0 amide bonds. The predicted molar refractivity (Wildman–Crippen MR) is 83.5 cm³/mol. The second-order valence-electron chi connectivity index (χ2n) is 4.30. The Balaban J connectivity index is 2.15. The van der Waals surface area contributed by atoms with Crippen molar-refractivity contribution < 1.29 is 13.3 Å². The number of hydrogen-bond acceptors (Lipinski definition) is 4. The first-order chi connectivity index (χ1) is 9.85. The van der Waals surface area contributed by atoms with Crippen molar-refractivity contribution >= 4 is 37.3 Å². The molecule has 21 heavy (non-hydrogen) atoms. The van der Waals surface area contributed by atoms with Gasteiger partial charge in [0.15, 0.2) is 0 Å². The van der Waals surface area contributed by atoms with Gasteiger partial charge in [0, 0.05) is 22.3 Å². The number of sulfonamides is 1. The van der Waals surface area contributed by atoms with E-state index in [1.54, 1.807) is 24.3 Å².